The topological polar surface area (TPSA) is 88.4 Å². The molecule has 0 amide bonds. The summed E-state index contributed by atoms with van der Waals surface area (Å²) in [5, 5.41) is 22.7. The summed E-state index contributed by atoms with van der Waals surface area (Å²) in [7, 11) is 0. The number of phenolic OH excluding ortho intramolecular Hbond substituents is 1. The molecule has 2 aromatic rings. The van der Waals surface area contributed by atoms with Crippen molar-refractivity contribution in [2.45, 2.75) is 39.2 Å². The van der Waals surface area contributed by atoms with Crippen LogP contribution in [0.4, 0.5) is 0 Å². The minimum atomic E-state index is -1.06. The third kappa shape index (κ3) is 5.72. The number of hydrogen-bond donors (Lipinski definition) is 2. The van der Waals surface area contributed by atoms with Crippen LogP contribution in [-0.4, -0.2) is 28.5 Å². The van der Waals surface area contributed by atoms with Crippen LogP contribution in [-0.2, 0) is 9.63 Å². The molecule has 0 heterocycles. The summed E-state index contributed by atoms with van der Waals surface area (Å²) >= 11 is 6.95. The van der Waals surface area contributed by atoms with E-state index in [0.29, 0.717) is 32.4 Å². The Labute approximate surface area is 180 Å². The van der Waals surface area contributed by atoms with Crippen molar-refractivity contribution in [2.75, 3.05) is 0 Å². The molecule has 0 spiro atoms. The predicted octanol–water partition coefficient (Wildman–Crippen LogP) is 6.05. The molecule has 0 saturated heterocycles. The maximum absolute atomic E-state index is 10.9. The number of aromatic hydroxyl groups is 1. The summed E-state index contributed by atoms with van der Waals surface area (Å²) in [5.74, 6) is 0.501. The van der Waals surface area contributed by atoms with E-state index in [2.05, 4.69) is 37.0 Å². The molecule has 0 aliphatic heterocycles. The van der Waals surface area contributed by atoms with E-state index in [4.69, 9.17) is 14.7 Å². The Balaban J connectivity index is 2.20. The number of aliphatic carboxylic acids is 1. The van der Waals surface area contributed by atoms with E-state index in [9.17, 15) is 9.90 Å². The highest BCUT2D eigenvalue weighted by atomic mass is 79.9. The van der Waals surface area contributed by atoms with Gasteiger partial charge in [-0.25, -0.2) is 4.79 Å². The number of nitrogens with zero attached hydrogens (tertiary/aromatic N) is 1. The molecule has 0 fully saturated rings. The van der Waals surface area contributed by atoms with E-state index in [0.717, 1.165) is 5.56 Å². The molecule has 2 N–H and O–H groups in total. The molecule has 0 aliphatic rings. The number of benzene rings is 2. The minimum absolute atomic E-state index is 0.159. The van der Waals surface area contributed by atoms with Gasteiger partial charge < -0.3 is 19.8 Å². The molecular formula is C20H21Br2NO5. The second kappa shape index (κ2) is 9.93. The van der Waals surface area contributed by atoms with E-state index in [-0.39, 0.29) is 11.7 Å². The molecular weight excluding hydrogens is 494 g/mol. The third-order valence-corrected chi connectivity index (χ3v) is 5.08. The fourth-order valence-electron chi connectivity index (χ4n) is 2.39. The first-order valence-electron chi connectivity index (χ1n) is 8.64. The third-order valence-electron chi connectivity index (χ3n) is 3.90. The quantitative estimate of drug-likeness (QED) is 0.331. The van der Waals surface area contributed by atoms with Gasteiger partial charge in [0.25, 0.3) is 0 Å². The highest BCUT2D eigenvalue weighted by Crippen LogP contribution is 2.39. The van der Waals surface area contributed by atoms with E-state index >= 15 is 0 Å². The number of rotatable bonds is 8. The second-order valence-corrected chi connectivity index (χ2v) is 8.07. The first-order valence-corrected chi connectivity index (χ1v) is 10.2. The number of halogens is 2. The highest BCUT2D eigenvalue weighted by molar-refractivity contribution is 9.11. The zero-order valence-electron chi connectivity index (χ0n) is 15.6. The van der Waals surface area contributed by atoms with Crippen LogP contribution in [0.5, 0.6) is 17.2 Å². The highest BCUT2D eigenvalue weighted by Gasteiger charge is 2.16. The van der Waals surface area contributed by atoms with E-state index in [1.54, 1.807) is 37.3 Å². The fourth-order valence-corrected chi connectivity index (χ4v) is 3.77. The Morgan fingerprint density at radius 1 is 1.21 bits per heavy atom. The lowest BCUT2D eigenvalue weighted by Gasteiger charge is -2.14. The molecule has 1 unspecified atom stereocenters. The molecule has 2 aromatic carbocycles. The average molecular weight is 515 g/mol. The van der Waals surface area contributed by atoms with Crippen LogP contribution in [0, 0.1) is 0 Å². The summed E-state index contributed by atoms with van der Waals surface area (Å²) in [6.45, 7) is 5.70. The van der Waals surface area contributed by atoms with Crippen LogP contribution in [0.15, 0.2) is 44.4 Å². The van der Waals surface area contributed by atoms with Crippen molar-refractivity contribution >= 4 is 44.0 Å². The Bertz CT molecular complexity index is 860. The van der Waals surface area contributed by atoms with Crippen molar-refractivity contribution in [3.63, 3.8) is 0 Å². The number of oxime groups is 1. The van der Waals surface area contributed by atoms with Gasteiger partial charge in [-0.15, -0.1) is 0 Å². The number of phenols is 1. The van der Waals surface area contributed by atoms with Crippen molar-refractivity contribution in [3.05, 3.63) is 50.4 Å². The largest absolute Gasteiger partial charge is 0.508 e. The van der Waals surface area contributed by atoms with Gasteiger partial charge in [0.15, 0.2) is 5.75 Å². The lowest BCUT2D eigenvalue weighted by molar-refractivity contribution is -0.150. The average Bonchev–Trinajstić information content (AvgIpc) is 2.62. The number of carbonyl (C=O) groups is 1. The van der Waals surface area contributed by atoms with Crippen LogP contribution >= 0.6 is 31.9 Å². The Hall–Kier alpha value is -2.06. The molecule has 150 valence electrons. The summed E-state index contributed by atoms with van der Waals surface area (Å²) in [4.78, 5) is 15.9. The van der Waals surface area contributed by atoms with Gasteiger partial charge in [-0.05, 0) is 80.1 Å². The maximum atomic E-state index is 10.9. The van der Waals surface area contributed by atoms with Gasteiger partial charge in [0.1, 0.15) is 11.5 Å². The standard InChI is InChI=1S/C20H21Br2NO5/c1-4-18(20(25)26)28-23-10-12-7-15(21)19(16(22)8-12)27-13-5-6-17(24)14(9-13)11(2)3/h5-11,18,24H,4H2,1-3H3,(H,25,26)/b23-10-. The predicted molar refractivity (Wildman–Crippen MR) is 115 cm³/mol. The van der Waals surface area contributed by atoms with Crippen LogP contribution in [0.2, 0.25) is 0 Å². The van der Waals surface area contributed by atoms with E-state index in [1.807, 2.05) is 13.8 Å². The Kier molecular flexibility index (Phi) is 7.88. The van der Waals surface area contributed by atoms with Crippen molar-refractivity contribution in [1.29, 1.82) is 0 Å². The normalized spacial score (nSPS) is 12.4. The lowest BCUT2D eigenvalue weighted by Crippen LogP contribution is -2.20. The molecule has 8 heteroatoms. The minimum Gasteiger partial charge on any atom is -0.508 e. The monoisotopic (exact) mass is 513 g/mol. The summed E-state index contributed by atoms with van der Waals surface area (Å²) < 4.78 is 7.32. The SMILES string of the molecule is CCC(O/N=C\c1cc(Br)c(Oc2ccc(O)c(C(C)C)c2)c(Br)c1)C(=O)O. The molecule has 0 bridgehead atoms. The Morgan fingerprint density at radius 3 is 2.39 bits per heavy atom. The van der Waals surface area contributed by atoms with Gasteiger partial charge in [0.05, 0.1) is 15.2 Å². The molecule has 0 saturated carbocycles. The molecule has 1 atom stereocenters. The first-order chi connectivity index (χ1) is 13.2. The van der Waals surface area contributed by atoms with Gasteiger partial charge in [0, 0.05) is 5.56 Å². The van der Waals surface area contributed by atoms with Crippen molar-refractivity contribution in [2.24, 2.45) is 5.16 Å². The smallest absolute Gasteiger partial charge is 0.347 e. The number of hydrogen-bond acceptors (Lipinski definition) is 5. The molecule has 28 heavy (non-hydrogen) atoms. The summed E-state index contributed by atoms with van der Waals surface area (Å²) in [6.07, 6.45) is 0.774. The van der Waals surface area contributed by atoms with Crippen LogP contribution in [0.25, 0.3) is 0 Å². The van der Waals surface area contributed by atoms with Crippen LogP contribution in [0.1, 0.15) is 44.2 Å². The fraction of sp³-hybridized carbons (Fsp3) is 0.300. The van der Waals surface area contributed by atoms with Gasteiger partial charge >= 0.3 is 5.97 Å². The number of ether oxygens (including phenoxy) is 1. The molecule has 6 nitrogen and oxygen atoms in total. The van der Waals surface area contributed by atoms with Crippen molar-refractivity contribution in [3.8, 4) is 17.2 Å². The summed E-state index contributed by atoms with van der Waals surface area (Å²) in [6, 6.07) is 8.66. The van der Waals surface area contributed by atoms with Crippen LogP contribution < -0.4 is 4.74 Å². The maximum Gasteiger partial charge on any atom is 0.347 e. The lowest BCUT2D eigenvalue weighted by atomic mass is 10.0. The first kappa shape index (κ1) is 22.2. The van der Waals surface area contributed by atoms with E-state index in [1.165, 1.54) is 6.21 Å². The molecule has 0 radical (unpaired) electrons. The molecule has 0 aromatic heterocycles. The van der Waals surface area contributed by atoms with Gasteiger partial charge in [-0.1, -0.05) is 25.9 Å². The molecule has 2 rings (SSSR count). The van der Waals surface area contributed by atoms with Crippen molar-refractivity contribution in [1.82, 2.24) is 0 Å². The second-order valence-electron chi connectivity index (χ2n) is 6.37. The van der Waals surface area contributed by atoms with Crippen molar-refractivity contribution < 1.29 is 24.6 Å². The van der Waals surface area contributed by atoms with Gasteiger partial charge in [-0.2, -0.15) is 0 Å². The number of carboxylic acid groups (broad SMARTS) is 1. The summed E-state index contributed by atoms with van der Waals surface area (Å²) in [5.41, 5.74) is 1.49. The number of carboxylic acids is 1. The Morgan fingerprint density at radius 2 is 1.86 bits per heavy atom. The van der Waals surface area contributed by atoms with Crippen LogP contribution in [0.3, 0.4) is 0 Å². The van der Waals surface area contributed by atoms with Gasteiger partial charge in [-0.3, -0.25) is 0 Å². The zero-order valence-corrected chi connectivity index (χ0v) is 18.8. The van der Waals surface area contributed by atoms with Gasteiger partial charge in [0.2, 0.25) is 6.10 Å². The van der Waals surface area contributed by atoms with E-state index < -0.39 is 12.1 Å². The zero-order chi connectivity index (χ0) is 20.8. The molecule has 0 aliphatic carbocycles.